The molecule has 4 heterocycles. The molecular weight excluding hydrogens is 392 g/mol. The van der Waals surface area contributed by atoms with Gasteiger partial charge in [-0.1, -0.05) is 23.4 Å². The Morgan fingerprint density at radius 1 is 1.19 bits per heavy atom. The van der Waals surface area contributed by atoms with E-state index in [2.05, 4.69) is 15.1 Å². The number of H-pyrrole nitrogens is 1. The predicted octanol–water partition coefficient (Wildman–Crippen LogP) is 4.07. The molecule has 1 atom stereocenters. The SMILES string of the molecule is O=C(c1c[nH]c2ccccc12)N1CCC2(CC1)CC(Cc1nc(C3CC3)no1)CCO2. The van der Waals surface area contributed by atoms with E-state index in [1.165, 1.54) is 12.8 Å². The molecule has 3 aromatic rings. The van der Waals surface area contributed by atoms with Crippen molar-refractivity contribution in [3.05, 3.63) is 47.7 Å². The molecule has 1 spiro atoms. The molecule has 3 fully saturated rings. The number of piperidine rings is 1. The second-order valence-electron chi connectivity index (χ2n) is 9.46. The Labute approximate surface area is 181 Å². The second kappa shape index (κ2) is 7.48. The van der Waals surface area contributed by atoms with Crippen molar-refractivity contribution in [2.45, 2.75) is 56.5 Å². The van der Waals surface area contributed by atoms with Gasteiger partial charge >= 0.3 is 0 Å². The van der Waals surface area contributed by atoms with Crippen molar-refractivity contribution >= 4 is 16.8 Å². The summed E-state index contributed by atoms with van der Waals surface area (Å²) in [5.74, 6) is 2.80. The van der Waals surface area contributed by atoms with Gasteiger partial charge in [0.05, 0.1) is 11.2 Å². The van der Waals surface area contributed by atoms with E-state index in [-0.39, 0.29) is 11.5 Å². The van der Waals surface area contributed by atoms with E-state index in [0.29, 0.717) is 11.8 Å². The highest BCUT2D eigenvalue weighted by molar-refractivity contribution is 6.06. The number of para-hydroxylation sites is 1. The van der Waals surface area contributed by atoms with Crippen molar-refractivity contribution in [3.8, 4) is 0 Å². The van der Waals surface area contributed by atoms with Crippen molar-refractivity contribution < 1.29 is 14.1 Å². The van der Waals surface area contributed by atoms with Gasteiger partial charge in [-0.3, -0.25) is 4.79 Å². The lowest BCUT2D eigenvalue weighted by Gasteiger charge is -2.46. The highest BCUT2D eigenvalue weighted by Gasteiger charge is 2.42. The normalized spacial score (nSPS) is 23.5. The molecule has 1 N–H and O–H groups in total. The molecule has 1 amide bonds. The minimum Gasteiger partial charge on any atom is -0.375 e. The van der Waals surface area contributed by atoms with Gasteiger partial charge in [0, 0.05) is 49.1 Å². The number of rotatable bonds is 4. The molecule has 0 radical (unpaired) electrons. The van der Waals surface area contributed by atoms with Crippen LogP contribution in [0.4, 0.5) is 0 Å². The number of ether oxygens (including phenoxy) is 1. The first-order chi connectivity index (χ1) is 15.2. The molecule has 31 heavy (non-hydrogen) atoms. The zero-order chi connectivity index (χ0) is 20.8. The molecule has 2 aromatic heterocycles. The first-order valence-electron chi connectivity index (χ1n) is 11.5. The molecule has 7 nitrogen and oxygen atoms in total. The van der Waals surface area contributed by atoms with E-state index >= 15 is 0 Å². The van der Waals surface area contributed by atoms with E-state index in [9.17, 15) is 4.79 Å². The van der Waals surface area contributed by atoms with Gasteiger partial charge in [0.2, 0.25) is 5.89 Å². The Morgan fingerprint density at radius 3 is 2.87 bits per heavy atom. The van der Waals surface area contributed by atoms with Crippen LogP contribution in [0.3, 0.4) is 0 Å². The van der Waals surface area contributed by atoms with E-state index in [1.807, 2.05) is 35.4 Å². The summed E-state index contributed by atoms with van der Waals surface area (Å²) >= 11 is 0. The number of aromatic nitrogens is 3. The summed E-state index contributed by atoms with van der Waals surface area (Å²) in [5, 5.41) is 5.15. The Bertz CT molecular complexity index is 1090. The average molecular weight is 421 g/mol. The van der Waals surface area contributed by atoms with Gasteiger partial charge in [-0.2, -0.15) is 4.98 Å². The molecule has 162 valence electrons. The quantitative estimate of drug-likeness (QED) is 0.688. The average Bonchev–Trinajstić information content (AvgIpc) is 3.39. The van der Waals surface area contributed by atoms with Crippen molar-refractivity contribution in [2.75, 3.05) is 19.7 Å². The summed E-state index contributed by atoms with van der Waals surface area (Å²) in [6.45, 7) is 2.24. The Balaban J connectivity index is 1.09. The first kappa shape index (κ1) is 19.0. The van der Waals surface area contributed by atoms with E-state index in [0.717, 1.165) is 80.0 Å². The Kier molecular flexibility index (Phi) is 4.60. The molecule has 2 aliphatic heterocycles. The number of benzene rings is 1. The van der Waals surface area contributed by atoms with Crippen LogP contribution in [0.15, 0.2) is 35.0 Å². The highest BCUT2D eigenvalue weighted by Crippen LogP contribution is 2.40. The number of carbonyl (C=O) groups is 1. The lowest BCUT2D eigenvalue weighted by atomic mass is 9.78. The van der Waals surface area contributed by atoms with Crippen LogP contribution >= 0.6 is 0 Å². The molecule has 2 saturated heterocycles. The van der Waals surface area contributed by atoms with Gasteiger partial charge in [0.15, 0.2) is 5.82 Å². The maximum Gasteiger partial charge on any atom is 0.256 e. The van der Waals surface area contributed by atoms with Crippen molar-refractivity contribution in [3.63, 3.8) is 0 Å². The third-order valence-electron chi connectivity index (χ3n) is 7.27. The fraction of sp³-hybridized carbons (Fsp3) is 0.542. The van der Waals surface area contributed by atoms with Crippen molar-refractivity contribution in [1.82, 2.24) is 20.0 Å². The number of nitrogens with zero attached hydrogens (tertiary/aromatic N) is 3. The van der Waals surface area contributed by atoms with E-state index in [1.54, 1.807) is 0 Å². The molecule has 1 aromatic carbocycles. The lowest BCUT2D eigenvalue weighted by molar-refractivity contribution is -0.123. The summed E-state index contributed by atoms with van der Waals surface area (Å²) in [5.41, 5.74) is 1.64. The van der Waals surface area contributed by atoms with Gasteiger partial charge in [0.25, 0.3) is 5.91 Å². The molecule has 3 aliphatic rings. The first-order valence-corrected chi connectivity index (χ1v) is 11.5. The van der Waals surface area contributed by atoms with Gasteiger partial charge < -0.3 is 19.1 Å². The summed E-state index contributed by atoms with van der Waals surface area (Å²) in [6, 6.07) is 7.97. The van der Waals surface area contributed by atoms with Gasteiger partial charge in [-0.15, -0.1) is 0 Å². The maximum atomic E-state index is 13.2. The van der Waals surface area contributed by atoms with E-state index in [4.69, 9.17) is 9.26 Å². The molecule has 6 rings (SSSR count). The zero-order valence-electron chi connectivity index (χ0n) is 17.7. The number of carbonyl (C=O) groups excluding carboxylic acids is 1. The number of amides is 1. The van der Waals surface area contributed by atoms with Gasteiger partial charge in [-0.05, 0) is 50.5 Å². The van der Waals surface area contributed by atoms with E-state index < -0.39 is 0 Å². The number of fused-ring (bicyclic) bond motifs is 1. The monoisotopic (exact) mass is 420 g/mol. The van der Waals surface area contributed by atoms with Crippen molar-refractivity contribution in [2.24, 2.45) is 5.92 Å². The molecule has 1 aliphatic carbocycles. The molecule has 1 saturated carbocycles. The summed E-state index contributed by atoms with van der Waals surface area (Å²) in [7, 11) is 0. The predicted molar refractivity (Wildman–Crippen MR) is 115 cm³/mol. The highest BCUT2D eigenvalue weighted by atomic mass is 16.5. The Hall–Kier alpha value is -2.67. The Morgan fingerprint density at radius 2 is 2.03 bits per heavy atom. The van der Waals surface area contributed by atoms with Crippen LogP contribution in [0.1, 0.15) is 66.5 Å². The zero-order valence-corrected chi connectivity index (χ0v) is 17.7. The van der Waals surface area contributed by atoms with Gasteiger partial charge in [0.1, 0.15) is 0 Å². The molecule has 1 unspecified atom stereocenters. The summed E-state index contributed by atoms with van der Waals surface area (Å²) in [6.07, 6.45) is 8.85. The van der Waals surface area contributed by atoms with Crippen molar-refractivity contribution in [1.29, 1.82) is 0 Å². The standard InChI is InChI=1S/C24H28N4O3/c29-23(19-15-25-20-4-2-1-3-18(19)20)28-10-8-24(9-11-28)14-16(7-12-30-24)13-21-26-22(27-31-21)17-5-6-17/h1-4,15-17,25H,5-14H2. The third kappa shape index (κ3) is 3.65. The fourth-order valence-electron chi connectivity index (χ4n) is 5.29. The lowest BCUT2D eigenvalue weighted by Crippen LogP contribution is -2.51. The van der Waals surface area contributed by atoms with Crippen LogP contribution in [-0.2, 0) is 11.2 Å². The summed E-state index contributed by atoms with van der Waals surface area (Å²) in [4.78, 5) is 23.0. The van der Waals surface area contributed by atoms with Gasteiger partial charge in [-0.25, -0.2) is 0 Å². The number of likely N-dealkylation sites (tertiary alicyclic amines) is 1. The topological polar surface area (TPSA) is 84.3 Å². The van der Waals surface area contributed by atoms with Crippen LogP contribution in [0, 0.1) is 5.92 Å². The number of nitrogens with one attached hydrogen (secondary N) is 1. The molecule has 0 bridgehead atoms. The van der Waals surface area contributed by atoms with Crippen LogP contribution in [0.2, 0.25) is 0 Å². The third-order valence-corrected chi connectivity index (χ3v) is 7.27. The molecule has 7 heteroatoms. The minimum atomic E-state index is -0.126. The number of hydrogen-bond donors (Lipinski definition) is 1. The number of aromatic amines is 1. The fourth-order valence-corrected chi connectivity index (χ4v) is 5.29. The van der Waals surface area contributed by atoms with Crippen LogP contribution < -0.4 is 0 Å². The maximum absolute atomic E-state index is 13.2. The van der Waals surface area contributed by atoms with Crippen LogP contribution in [0.5, 0.6) is 0 Å². The summed E-state index contributed by atoms with van der Waals surface area (Å²) < 4.78 is 11.8. The van der Waals surface area contributed by atoms with Crippen LogP contribution in [0.25, 0.3) is 10.9 Å². The molecular formula is C24H28N4O3. The minimum absolute atomic E-state index is 0.109. The largest absolute Gasteiger partial charge is 0.375 e. The second-order valence-corrected chi connectivity index (χ2v) is 9.46. The smallest absolute Gasteiger partial charge is 0.256 e. The van der Waals surface area contributed by atoms with Crippen LogP contribution in [-0.4, -0.2) is 51.2 Å². The number of hydrogen-bond acceptors (Lipinski definition) is 5.